The van der Waals surface area contributed by atoms with Gasteiger partial charge in [0.1, 0.15) is 5.75 Å². The van der Waals surface area contributed by atoms with Gasteiger partial charge in [-0.3, -0.25) is 4.79 Å². The van der Waals surface area contributed by atoms with E-state index in [0.717, 1.165) is 18.4 Å². The number of phenolic OH excluding ortho intramolecular Hbond substituents is 1. The Morgan fingerprint density at radius 3 is 2.65 bits per heavy atom. The zero-order valence-electron chi connectivity index (χ0n) is 11.7. The van der Waals surface area contributed by atoms with E-state index in [2.05, 4.69) is 0 Å². The first-order valence-electron chi connectivity index (χ1n) is 6.95. The van der Waals surface area contributed by atoms with Crippen LogP contribution in [0.5, 0.6) is 5.75 Å². The molecular formula is C16H21NO3. The summed E-state index contributed by atoms with van der Waals surface area (Å²) in [4.78, 5) is 13.9. The molecule has 0 saturated carbocycles. The lowest BCUT2D eigenvalue weighted by Crippen LogP contribution is -2.32. The van der Waals surface area contributed by atoms with E-state index in [9.17, 15) is 15.0 Å². The Bertz CT molecular complexity index is 491. The fraction of sp³-hybridized carbons (Fsp3) is 0.438. The van der Waals surface area contributed by atoms with Gasteiger partial charge in [0.15, 0.2) is 0 Å². The number of amides is 1. The van der Waals surface area contributed by atoms with Crippen molar-refractivity contribution < 1.29 is 15.0 Å². The normalized spacial score (nSPS) is 23.8. The summed E-state index contributed by atoms with van der Waals surface area (Å²) in [6, 6.07) is 6.69. The third kappa shape index (κ3) is 4.10. The van der Waals surface area contributed by atoms with Crippen molar-refractivity contribution in [3.05, 3.63) is 35.9 Å². The molecule has 2 N–H and O–H groups in total. The van der Waals surface area contributed by atoms with E-state index in [1.165, 1.54) is 0 Å². The number of phenols is 1. The van der Waals surface area contributed by atoms with Gasteiger partial charge in [0, 0.05) is 19.2 Å². The number of hydrogen-bond acceptors (Lipinski definition) is 3. The van der Waals surface area contributed by atoms with Gasteiger partial charge >= 0.3 is 0 Å². The maximum Gasteiger partial charge on any atom is 0.246 e. The Labute approximate surface area is 119 Å². The monoisotopic (exact) mass is 275 g/mol. The van der Waals surface area contributed by atoms with E-state index in [1.54, 1.807) is 41.3 Å². The van der Waals surface area contributed by atoms with Crippen LogP contribution in [0.25, 0.3) is 6.08 Å². The molecule has 1 aromatic carbocycles. The van der Waals surface area contributed by atoms with Crippen LogP contribution in [0.2, 0.25) is 0 Å². The van der Waals surface area contributed by atoms with Crippen molar-refractivity contribution in [3.8, 4) is 5.75 Å². The van der Waals surface area contributed by atoms with Gasteiger partial charge in [-0.1, -0.05) is 12.1 Å². The number of aromatic hydroxyl groups is 1. The lowest BCUT2D eigenvalue weighted by molar-refractivity contribution is -0.126. The predicted octanol–water partition coefficient (Wildman–Crippen LogP) is 2.17. The van der Waals surface area contributed by atoms with E-state index < -0.39 is 5.60 Å². The Kier molecular flexibility index (Phi) is 4.45. The maximum atomic E-state index is 12.1. The van der Waals surface area contributed by atoms with E-state index in [1.807, 2.05) is 6.92 Å². The molecule has 1 aliphatic rings. The quantitative estimate of drug-likeness (QED) is 0.813. The molecule has 0 aromatic heterocycles. The molecule has 1 aliphatic heterocycles. The number of rotatable bonds is 2. The fourth-order valence-corrected chi connectivity index (χ4v) is 2.34. The summed E-state index contributed by atoms with van der Waals surface area (Å²) in [6.07, 6.45) is 5.47. The molecule has 1 aromatic rings. The van der Waals surface area contributed by atoms with Gasteiger partial charge in [0.05, 0.1) is 5.60 Å². The molecule has 2 rings (SSSR count). The van der Waals surface area contributed by atoms with Crippen LogP contribution in [-0.2, 0) is 4.79 Å². The zero-order chi connectivity index (χ0) is 14.6. The van der Waals surface area contributed by atoms with Crippen LogP contribution in [0.3, 0.4) is 0 Å². The van der Waals surface area contributed by atoms with Crippen molar-refractivity contribution in [2.24, 2.45) is 0 Å². The van der Waals surface area contributed by atoms with E-state index in [0.29, 0.717) is 19.5 Å². The van der Waals surface area contributed by atoms with E-state index in [4.69, 9.17) is 0 Å². The van der Waals surface area contributed by atoms with Crippen LogP contribution in [0.1, 0.15) is 31.7 Å². The lowest BCUT2D eigenvalue weighted by Gasteiger charge is -2.21. The number of aliphatic hydroxyl groups is 1. The lowest BCUT2D eigenvalue weighted by atomic mass is 9.98. The number of benzene rings is 1. The molecule has 4 heteroatoms. The highest BCUT2D eigenvalue weighted by atomic mass is 16.3. The summed E-state index contributed by atoms with van der Waals surface area (Å²) < 4.78 is 0. The molecular weight excluding hydrogens is 254 g/mol. The van der Waals surface area contributed by atoms with Crippen molar-refractivity contribution >= 4 is 12.0 Å². The molecule has 4 nitrogen and oxygen atoms in total. The largest absolute Gasteiger partial charge is 0.508 e. The van der Waals surface area contributed by atoms with Crippen LogP contribution in [0, 0.1) is 0 Å². The smallest absolute Gasteiger partial charge is 0.246 e. The van der Waals surface area contributed by atoms with Crippen molar-refractivity contribution in [2.75, 3.05) is 13.1 Å². The summed E-state index contributed by atoms with van der Waals surface area (Å²) >= 11 is 0. The number of carbonyl (C=O) groups excluding carboxylic acids is 1. The highest BCUT2D eigenvalue weighted by Gasteiger charge is 2.26. The Morgan fingerprint density at radius 1 is 1.25 bits per heavy atom. The van der Waals surface area contributed by atoms with E-state index in [-0.39, 0.29) is 11.7 Å². The van der Waals surface area contributed by atoms with Gasteiger partial charge in [-0.25, -0.2) is 0 Å². The molecule has 1 amide bonds. The predicted molar refractivity (Wildman–Crippen MR) is 78.2 cm³/mol. The SMILES string of the molecule is CC1(O)CCCN(C(=O)/C=C/c2ccc(O)cc2)CC1. The third-order valence-electron chi connectivity index (χ3n) is 3.69. The Morgan fingerprint density at radius 2 is 1.95 bits per heavy atom. The van der Waals surface area contributed by atoms with Gasteiger partial charge in [0.25, 0.3) is 0 Å². The minimum absolute atomic E-state index is 0.0317. The minimum atomic E-state index is -0.657. The Hall–Kier alpha value is -1.81. The number of carbonyl (C=O) groups is 1. The summed E-state index contributed by atoms with van der Waals surface area (Å²) in [5.41, 5.74) is 0.216. The van der Waals surface area contributed by atoms with Crippen molar-refractivity contribution in [1.82, 2.24) is 4.90 Å². The summed E-state index contributed by atoms with van der Waals surface area (Å²) in [6.45, 7) is 3.11. The van der Waals surface area contributed by atoms with E-state index >= 15 is 0 Å². The number of hydrogen-bond donors (Lipinski definition) is 2. The standard InChI is InChI=1S/C16H21NO3/c1-16(20)9-2-11-17(12-10-16)15(19)8-5-13-3-6-14(18)7-4-13/h3-8,18,20H,2,9-12H2,1H3/b8-5+. The first-order chi connectivity index (χ1) is 9.46. The molecule has 0 bridgehead atoms. The van der Waals surface area contributed by atoms with Gasteiger partial charge in [0.2, 0.25) is 5.91 Å². The molecule has 108 valence electrons. The molecule has 20 heavy (non-hydrogen) atoms. The van der Waals surface area contributed by atoms with Crippen LogP contribution < -0.4 is 0 Å². The first-order valence-corrected chi connectivity index (χ1v) is 6.95. The number of likely N-dealkylation sites (tertiary alicyclic amines) is 1. The number of nitrogens with zero attached hydrogens (tertiary/aromatic N) is 1. The maximum absolute atomic E-state index is 12.1. The summed E-state index contributed by atoms with van der Waals surface area (Å²) in [5.74, 6) is 0.180. The van der Waals surface area contributed by atoms with Gasteiger partial charge < -0.3 is 15.1 Å². The second-order valence-corrected chi connectivity index (χ2v) is 5.60. The second kappa shape index (κ2) is 6.09. The molecule has 1 saturated heterocycles. The average Bonchev–Trinajstić information content (AvgIpc) is 2.59. The van der Waals surface area contributed by atoms with Crippen molar-refractivity contribution in [1.29, 1.82) is 0 Å². The van der Waals surface area contributed by atoms with Crippen LogP contribution in [0.15, 0.2) is 30.3 Å². The molecule has 1 heterocycles. The summed E-state index contributed by atoms with van der Waals surface area (Å²) in [5, 5.41) is 19.2. The molecule has 1 atom stereocenters. The fourth-order valence-electron chi connectivity index (χ4n) is 2.34. The second-order valence-electron chi connectivity index (χ2n) is 5.60. The van der Waals surface area contributed by atoms with Crippen LogP contribution in [0.4, 0.5) is 0 Å². The molecule has 1 unspecified atom stereocenters. The minimum Gasteiger partial charge on any atom is -0.508 e. The molecule has 1 fully saturated rings. The third-order valence-corrected chi connectivity index (χ3v) is 3.69. The summed E-state index contributed by atoms with van der Waals surface area (Å²) in [7, 11) is 0. The highest BCUT2D eigenvalue weighted by molar-refractivity contribution is 5.91. The zero-order valence-corrected chi connectivity index (χ0v) is 11.7. The van der Waals surface area contributed by atoms with Crippen molar-refractivity contribution in [2.45, 2.75) is 31.8 Å². The van der Waals surface area contributed by atoms with Crippen molar-refractivity contribution in [3.63, 3.8) is 0 Å². The Balaban J connectivity index is 1.96. The first kappa shape index (κ1) is 14.6. The average molecular weight is 275 g/mol. The highest BCUT2D eigenvalue weighted by Crippen LogP contribution is 2.21. The van der Waals surface area contributed by atoms with Gasteiger partial charge in [-0.2, -0.15) is 0 Å². The molecule has 0 radical (unpaired) electrons. The topological polar surface area (TPSA) is 60.8 Å². The van der Waals surface area contributed by atoms with Gasteiger partial charge in [-0.05, 0) is 50.0 Å². The van der Waals surface area contributed by atoms with Crippen LogP contribution >= 0.6 is 0 Å². The van der Waals surface area contributed by atoms with Gasteiger partial charge in [-0.15, -0.1) is 0 Å². The van der Waals surface area contributed by atoms with Crippen LogP contribution in [-0.4, -0.2) is 39.7 Å². The molecule has 0 aliphatic carbocycles. The molecule has 0 spiro atoms.